The average molecular weight is 410 g/mol. The van der Waals surface area contributed by atoms with E-state index in [1.54, 1.807) is 19.1 Å². The summed E-state index contributed by atoms with van der Waals surface area (Å²) in [5.41, 5.74) is 3.93. The number of anilines is 1. The van der Waals surface area contributed by atoms with Gasteiger partial charge in [-0.3, -0.25) is 4.90 Å². The van der Waals surface area contributed by atoms with Crippen molar-refractivity contribution in [2.75, 3.05) is 11.5 Å². The summed E-state index contributed by atoms with van der Waals surface area (Å²) in [6, 6.07) is 13.7. The number of hydrogen-bond acceptors (Lipinski definition) is 4. The largest absolute Gasteiger partial charge is 0.478 e. The minimum absolute atomic E-state index is 0.173. The van der Waals surface area contributed by atoms with Gasteiger partial charge in [-0.05, 0) is 68.4 Å². The number of carbonyl (C=O) groups is 2. The Kier molecular flexibility index (Phi) is 5.98. The van der Waals surface area contributed by atoms with Crippen LogP contribution in [0.5, 0.6) is 0 Å². The number of carboxylic acids is 1. The quantitative estimate of drug-likeness (QED) is 0.570. The molecule has 1 aliphatic heterocycles. The summed E-state index contributed by atoms with van der Waals surface area (Å²) >= 11 is 5.61. The van der Waals surface area contributed by atoms with E-state index in [2.05, 4.69) is 5.32 Å². The molecule has 0 fully saturated rings. The van der Waals surface area contributed by atoms with Gasteiger partial charge in [0.05, 0.1) is 23.8 Å². The number of benzene rings is 2. The van der Waals surface area contributed by atoms with Crippen LogP contribution in [-0.4, -0.2) is 28.8 Å². The number of aromatic carboxylic acids is 1. The number of carboxylic acid groups (broad SMARTS) is 1. The van der Waals surface area contributed by atoms with E-state index in [0.717, 1.165) is 16.8 Å². The third-order valence-corrected chi connectivity index (χ3v) is 5.03. The van der Waals surface area contributed by atoms with Crippen molar-refractivity contribution < 1.29 is 19.4 Å². The number of nitrogens with zero attached hydrogens (tertiary/aromatic N) is 1. The van der Waals surface area contributed by atoms with Gasteiger partial charge in [0.15, 0.2) is 5.11 Å². The third-order valence-electron chi connectivity index (χ3n) is 4.73. The number of thiocarbonyl (C=S) groups is 1. The van der Waals surface area contributed by atoms with Crippen LogP contribution in [0.4, 0.5) is 5.69 Å². The van der Waals surface area contributed by atoms with E-state index in [-0.39, 0.29) is 12.2 Å². The Balaban J connectivity index is 2.11. The highest BCUT2D eigenvalue weighted by Crippen LogP contribution is 2.34. The molecule has 1 atom stereocenters. The van der Waals surface area contributed by atoms with Gasteiger partial charge < -0.3 is 15.2 Å². The van der Waals surface area contributed by atoms with Gasteiger partial charge in [0, 0.05) is 11.4 Å². The van der Waals surface area contributed by atoms with Gasteiger partial charge in [-0.2, -0.15) is 0 Å². The maximum atomic E-state index is 12.8. The van der Waals surface area contributed by atoms with Crippen molar-refractivity contribution in [3.05, 3.63) is 76.5 Å². The Hall–Kier alpha value is -3.19. The van der Waals surface area contributed by atoms with E-state index in [9.17, 15) is 9.59 Å². The molecule has 2 N–H and O–H groups in total. The van der Waals surface area contributed by atoms with Crippen molar-refractivity contribution in [2.45, 2.75) is 26.8 Å². The predicted octanol–water partition coefficient (Wildman–Crippen LogP) is 3.97. The number of rotatable bonds is 5. The van der Waals surface area contributed by atoms with Gasteiger partial charge in [0.1, 0.15) is 0 Å². The molecule has 29 heavy (non-hydrogen) atoms. The third kappa shape index (κ3) is 4.14. The second-order valence-corrected chi connectivity index (χ2v) is 7.09. The topological polar surface area (TPSA) is 78.9 Å². The maximum Gasteiger partial charge on any atom is 0.338 e. The molecular formula is C22H22N2O4S. The van der Waals surface area contributed by atoms with E-state index in [1.165, 1.54) is 12.1 Å². The number of allylic oxidation sites excluding steroid dienone is 1. The molecule has 0 amide bonds. The van der Waals surface area contributed by atoms with Crippen molar-refractivity contribution in [3.63, 3.8) is 0 Å². The summed E-state index contributed by atoms with van der Waals surface area (Å²) in [6.07, 6.45) is 0. The highest BCUT2D eigenvalue weighted by molar-refractivity contribution is 7.80. The Morgan fingerprint density at radius 1 is 1.17 bits per heavy atom. The lowest BCUT2D eigenvalue weighted by molar-refractivity contribution is -0.139. The lowest BCUT2D eigenvalue weighted by atomic mass is 9.94. The zero-order valence-corrected chi connectivity index (χ0v) is 17.2. The first-order valence-corrected chi connectivity index (χ1v) is 9.62. The molecule has 0 bridgehead atoms. The monoisotopic (exact) mass is 410 g/mol. The van der Waals surface area contributed by atoms with Crippen LogP contribution in [0.1, 0.15) is 41.4 Å². The second-order valence-electron chi connectivity index (χ2n) is 6.70. The van der Waals surface area contributed by atoms with Crippen LogP contribution in [0.15, 0.2) is 59.8 Å². The van der Waals surface area contributed by atoms with Crippen LogP contribution < -0.4 is 10.2 Å². The lowest BCUT2D eigenvalue weighted by Gasteiger charge is -2.37. The van der Waals surface area contributed by atoms with Crippen LogP contribution in [0, 0.1) is 6.92 Å². The van der Waals surface area contributed by atoms with Crippen molar-refractivity contribution >= 4 is 35.0 Å². The molecule has 0 aliphatic carbocycles. The SMILES string of the molecule is CCOC(=O)C1=C(C)N(c2cccc(C)c2)C(=S)N[C@@H]1c1ccc(C(=O)O)cc1. The zero-order chi connectivity index (χ0) is 21.1. The molecule has 0 aromatic heterocycles. The number of nitrogens with one attached hydrogen (secondary N) is 1. The Morgan fingerprint density at radius 3 is 2.45 bits per heavy atom. The standard InChI is InChI=1S/C22H22N2O4S/c1-4-28-21(27)18-14(3)24(17-7-5-6-13(2)12-17)22(29)23-19(18)15-8-10-16(11-9-15)20(25)26/h5-12,19H,4H2,1-3H3,(H,23,29)(H,25,26)/t19-/m1/s1. The molecule has 7 heteroatoms. The summed E-state index contributed by atoms with van der Waals surface area (Å²) < 4.78 is 5.31. The fraction of sp³-hybridized carbons (Fsp3) is 0.227. The zero-order valence-electron chi connectivity index (χ0n) is 16.4. The number of hydrogen-bond donors (Lipinski definition) is 2. The highest BCUT2D eigenvalue weighted by atomic mass is 32.1. The molecular weight excluding hydrogens is 388 g/mol. The summed E-state index contributed by atoms with van der Waals surface area (Å²) in [6.45, 7) is 5.82. The minimum atomic E-state index is -1.01. The van der Waals surface area contributed by atoms with Gasteiger partial charge in [-0.1, -0.05) is 24.3 Å². The number of aryl methyl sites for hydroxylation is 1. The van der Waals surface area contributed by atoms with Crippen LogP contribution >= 0.6 is 12.2 Å². The molecule has 1 aliphatic rings. The van der Waals surface area contributed by atoms with E-state index < -0.39 is 18.0 Å². The Labute approximate surface area is 174 Å². The average Bonchev–Trinajstić information content (AvgIpc) is 2.67. The Bertz CT molecular complexity index is 998. The van der Waals surface area contributed by atoms with Crippen LogP contribution in [0.2, 0.25) is 0 Å². The molecule has 6 nitrogen and oxygen atoms in total. The first-order valence-electron chi connectivity index (χ1n) is 9.22. The van der Waals surface area contributed by atoms with Gasteiger partial charge in [-0.15, -0.1) is 0 Å². The van der Waals surface area contributed by atoms with Crippen molar-refractivity contribution in [3.8, 4) is 0 Å². The molecule has 0 spiro atoms. The van der Waals surface area contributed by atoms with E-state index in [0.29, 0.717) is 16.4 Å². The first kappa shape index (κ1) is 20.5. The molecule has 2 aromatic rings. The van der Waals surface area contributed by atoms with Crippen LogP contribution in [-0.2, 0) is 9.53 Å². The maximum absolute atomic E-state index is 12.8. The van der Waals surface area contributed by atoms with Gasteiger partial charge in [-0.25, -0.2) is 9.59 Å². The summed E-state index contributed by atoms with van der Waals surface area (Å²) in [5.74, 6) is -1.45. The smallest absolute Gasteiger partial charge is 0.338 e. The van der Waals surface area contributed by atoms with E-state index in [4.69, 9.17) is 22.1 Å². The van der Waals surface area contributed by atoms with Gasteiger partial charge in [0.25, 0.3) is 0 Å². The molecule has 0 saturated carbocycles. The molecule has 3 rings (SSSR count). The molecule has 0 radical (unpaired) electrons. The summed E-state index contributed by atoms with van der Waals surface area (Å²) in [5, 5.41) is 12.8. The normalized spacial score (nSPS) is 16.4. The van der Waals surface area contributed by atoms with Gasteiger partial charge in [0.2, 0.25) is 0 Å². The van der Waals surface area contributed by atoms with Gasteiger partial charge >= 0.3 is 11.9 Å². The molecule has 0 unspecified atom stereocenters. The first-order chi connectivity index (χ1) is 13.8. The number of esters is 1. The van der Waals surface area contributed by atoms with E-state index in [1.807, 2.05) is 43.0 Å². The van der Waals surface area contributed by atoms with Crippen LogP contribution in [0.25, 0.3) is 0 Å². The fourth-order valence-corrected chi connectivity index (χ4v) is 3.72. The number of ether oxygens (including phenoxy) is 1. The van der Waals surface area contributed by atoms with Crippen molar-refractivity contribution in [2.24, 2.45) is 0 Å². The van der Waals surface area contributed by atoms with E-state index >= 15 is 0 Å². The summed E-state index contributed by atoms with van der Waals surface area (Å²) in [7, 11) is 0. The predicted molar refractivity (Wildman–Crippen MR) is 115 cm³/mol. The fourth-order valence-electron chi connectivity index (χ4n) is 3.36. The van der Waals surface area contributed by atoms with Crippen molar-refractivity contribution in [1.82, 2.24) is 5.32 Å². The summed E-state index contributed by atoms with van der Waals surface area (Å²) in [4.78, 5) is 25.8. The molecule has 2 aromatic carbocycles. The highest BCUT2D eigenvalue weighted by Gasteiger charge is 2.35. The van der Waals surface area contributed by atoms with Crippen molar-refractivity contribution in [1.29, 1.82) is 0 Å². The van der Waals surface area contributed by atoms with Crippen LogP contribution in [0.3, 0.4) is 0 Å². The molecule has 150 valence electrons. The minimum Gasteiger partial charge on any atom is -0.478 e. The molecule has 1 heterocycles. The Morgan fingerprint density at radius 2 is 1.86 bits per heavy atom. The number of carbonyl (C=O) groups excluding carboxylic acids is 1. The lowest BCUT2D eigenvalue weighted by Crippen LogP contribution is -2.48. The second kappa shape index (κ2) is 8.45. The molecule has 0 saturated heterocycles.